The van der Waals surface area contributed by atoms with Gasteiger partial charge >= 0.3 is 0 Å². The van der Waals surface area contributed by atoms with Gasteiger partial charge in [-0.05, 0) is 41.8 Å². The Bertz CT molecular complexity index is 462. The van der Waals surface area contributed by atoms with Crippen LogP contribution < -0.4 is 5.32 Å². The second kappa shape index (κ2) is 5.37. The largest absolute Gasteiger partial charge is 0.354 e. The zero-order valence-electron chi connectivity index (χ0n) is 8.21. The van der Waals surface area contributed by atoms with Crippen molar-refractivity contribution in [2.24, 2.45) is 0 Å². The SMILES string of the molecule is CCNc1nc(Cl)nc(Sc2ncns2)n1. The van der Waals surface area contributed by atoms with Gasteiger partial charge in [-0.3, -0.25) is 0 Å². The summed E-state index contributed by atoms with van der Waals surface area (Å²) < 4.78 is 4.66. The van der Waals surface area contributed by atoms with E-state index >= 15 is 0 Å². The highest BCUT2D eigenvalue weighted by atomic mass is 35.5. The van der Waals surface area contributed by atoms with E-state index in [0.717, 1.165) is 10.9 Å². The van der Waals surface area contributed by atoms with Crippen LogP contribution in [-0.4, -0.2) is 30.9 Å². The van der Waals surface area contributed by atoms with E-state index in [-0.39, 0.29) is 5.28 Å². The van der Waals surface area contributed by atoms with Gasteiger partial charge < -0.3 is 5.32 Å². The van der Waals surface area contributed by atoms with Crippen molar-refractivity contribution >= 4 is 40.8 Å². The molecule has 2 heterocycles. The molecule has 16 heavy (non-hydrogen) atoms. The van der Waals surface area contributed by atoms with E-state index < -0.39 is 0 Å². The quantitative estimate of drug-likeness (QED) is 0.913. The fourth-order valence-electron chi connectivity index (χ4n) is 0.901. The lowest BCUT2D eigenvalue weighted by Crippen LogP contribution is -2.04. The van der Waals surface area contributed by atoms with Crippen molar-refractivity contribution in [2.75, 3.05) is 11.9 Å². The molecule has 2 aromatic heterocycles. The normalized spacial score (nSPS) is 10.4. The summed E-state index contributed by atoms with van der Waals surface area (Å²) in [5.74, 6) is 0.467. The maximum atomic E-state index is 5.78. The number of rotatable bonds is 4. The van der Waals surface area contributed by atoms with Crippen molar-refractivity contribution in [3.63, 3.8) is 0 Å². The molecule has 6 nitrogen and oxygen atoms in total. The van der Waals surface area contributed by atoms with Gasteiger partial charge in [0.05, 0.1) is 0 Å². The van der Waals surface area contributed by atoms with Crippen LogP contribution in [0.5, 0.6) is 0 Å². The molecule has 0 spiro atoms. The first kappa shape index (κ1) is 11.5. The smallest absolute Gasteiger partial charge is 0.228 e. The van der Waals surface area contributed by atoms with E-state index in [1.807, 2.05) is 6.92 Å². The zero-order chi connectivity index (χ0) is 11.4. The van der Waals surface area contributed by atoms with Crippen molar-refractivity contribution in [1.29, 1.82) is 0 Å². The van der Waals surface area contributed by atoms with Crippen molar-refractivity contribution in [1.82, 2.24) is 24.3 Å². The molecule has 0 radical (unpaired) electrons. The van der Waals surface area contributed by atoms with Gasteiger partial charge in [-0.2, -0.15) is 19.3 Å². The molecule has 0 fully saturated rings. The topological polar surface area (TPSA) is 76.5 Å². The number of hydrogen-bond acceptors (Lipinski definition) is 8. The minimum absolute atomic E-state index is 0.165. The van der Waals surface area contributed by atoms with E-state index in [0.29, 0.717) is 11.1 Å². The van der Waals surface area contributed by atoms with Crippen LogP contribution in [0.2, 0.25) is 5.28 Å². The molecular formula is C7H7ClN6S2. The maximum Gasteiger partial charge on any atom is 0.228 e. The Morgan fingerprint density at radius 2 is 2.31 bits per heavy atom. The molecule has 0 unspecified atom stereocenters. The molecule has 0 saturated carbocycles. The summed E-state index contributed by atoms with van der Waals surface area (Å²) in [4.78, 5) is 16.1. The number of hydrogen-bond donors (Lipinski definition) is 1. The average molecular weight is 275 g/mol. The van der Waals surface area contributed by atoms with Crippen molar-refractivity contribution in [3.8, 4) is 0 Å². The van der Waals surface area contributed by atoms with E-state index in [2.05, 4.69) is 29.6 Å². The van der Waals surface area contributed by atoms with Gasteiger partial charge in [0.25, 0.3) is 0 Å². The van der Waals surface area contributed by atoms with Crippen LogP contribution in [0.15, 0.2) is 15.8 Å². The molecule has 1 N–H and O–H groups in total. The predicted octanol–water partition coefficient (Wildman–Crippen LogP) is 1.96. The van der Waals surface area contributed by atoms with Gasteiger partial charge in [0, 0.05) is 6.54 Å². The minimum atomic E-state index is 0.165. The summed E-state index contributed by atoms with van der Waals surface area (Å²) >= 11 is 8.37. The Kier molecular flexibility index (Phi) is 3.86. The maximum absolute atomic E-state index is 5.78. The zero-order valence-corrected chi connectivity index (χ0v) is 10.6. The number of nitrogens with one attached hydrogen (secondary N) is 1. The van der Waals surface area contributed by atoms with Crippen LogP contribution in [0.4, 0.5) is 5.95 Å². The monoisotopic (exact) mass is 274 g/mol. The molecule has 2 aromatic rings. The fraction of sp³-hybridized carbons (Fsp3) is 0.286. The molecule has 0 saturated heterocycles. The third-order valence-electron chi connectivity index (χ3n) is 1.44. The van der Waals surface area contributed by atoms with Gasteiger partial charge in [0.15, 0.2) is 4.34 Å². The van der Waals surface area contributed by atoms with Crippen LogP contribution in [0.3, 0.4) is 0 Å². The summed E-state index contributed by atoms with van der Waals surface area (Å²) in [5, 5.41) is 3.65. The van der Waals surface area contributed by atoms with E-state index in [9.17, 15) is 0 Å². The Morgan fingerprint density at radius 1 is 1.44 bits per heavy atom. The number of nitrogens with zero attached hydrogens (tertiary/aromatic N) is 5. The Balaban J connectivity index is 2.20. The third-order valence-corrected chi connectivity index (χ3v) is 3.19. The molecule has 84 valence electrons. The fourth-order valence-corrected chi connectivity index (χ4v) is 2.41. The summed E-state index contributed by atoms with van der Waals surface area (Å²) in [5.41, 5.74) is 0. The summed E-state index contributed by atoms with van der Waals surface area (Å²) in [6.45, 7) is 2.68. The lowest BCUT2D eigenvalue weighted by Gasteiger charge is -2.02. The molecular weight excluding hydrogens is 268 g/mol. The first-order valence-corrected chi connectivity index (χ1v) is 6.34. The van der Waals surface area contributed by atoms with Crippen LogP contribution in [-0.2, 0) is 0 Å². The van der Waals surface area contributed by atoms with E-state index in [1.165, 1.54) is 29.6 Å². The van der Waals surface area contributed by atoms with Gasteiger partial charge in [-0.25, -0.2) is 4.98 Å². The first-order valence-electron chi connectivity index (χ1n) is 4.38. The molecule has 0 aliphatic rings. The van der Waals surface area contributed by atoms with Crippen LogP contribution in [0.1, 0.15) is 6.92 Å². The van der Waals surface area contributed by atoms with Crippen molar-refractivity contribution in [3.05, 3.63) is 11.6 Å². The molecule has 0 aliphatic carbocycles. The molecule has 0 amide bonds. The Hall–Kier alpha value is -0.990. The van der Waals surface area contributed by atoms with Gasteiger partial charge in [-0.15, -0.1) is 0 Å². The van der Waals surface area contributed by atoms with Crippen LogP contribution >= 0.6 is 34.9 Å². The molecule has 0 bridgehead atoms. The summed E-state index contributed by atoms with van der Waals surface area (Å²) in [6.07, 6.45) is 1.49. The Labute approximate surface area is 105 Å². The standard InChI is InChI=1S/C7H7ClN6S2/c1-2-9-5-12-4(8)13-6(14-5)15-7-10-3-11-16-7/h3H,2H2,1H3,(H,9,12,13,14). The molecule has 0 atom stereocenters. The second-order valence-corrected chi connectivity index (χ2v) is 4.88. The van der Waals surface area contributed by atoms with Gasteiger partial charge in [-0.1, -0.05) is 0 Å². The lowest BCUT2D eigenvalue weighted by molar-refractivity contribution is 0.898. The van der Waals surface area contributed by atoms with Crippen molar-refractivity contribution < 1.29 is 0 Å². The molecule has 2 rings (SSSR count). The number of halogens is 1. The first-order chi connectivity index (χ1) is 7.78. The molecule has 9 heteroatoms. The summed E-state index contributed by atoms with van der Waals surface area (Å²) in [7, 11) is 0. The summed E-state index contributed by atoms with van der Waals surface area (Å²) in [6, 6.07) is 0. The van der Waals surface area contributed by atoms with Gasteiger partial charge in [0.2, 0.25) is 16.4 Å². The highest BCUT2D eigenvalue weighted by molar-refractivity contribution is 8.00. The third kappa shape index (κ3) is 3.00. The van der Waals surface area contributed by atoms with Crippen LogP contribution in [0, 0.1) is 0 Å². The van der Waals surface area contributed by atoms with E-state index in [1.54, 1.807) is 0 Å². The minimum Gasteiger partial charge on any atom is -0.354 e. The number of aromatic nitrogens is 5. The Morgan fingerprint density at radius 3 is 3.00 bits per heavy atom. The molecule has 0 aliphatic heterocycles. The highest BCUT2D eigenvalue weighted by Gasteiger charge is 2.08. The van der Waals surface area contributed by atoms with Crippen LogP contribution in [0.25, 0.3) is 0 Å². The van der Waals surface area contributed by atoms with Gasteiger partial charge in [0.1, 0.15) is 6.33 Å². The highest BCUT2D eigenvalue weighted by Crippen LogP contribution is 2.26. The second-order valence-electron chi connectivity index (χ2n) is 2.55. The number of anilines is 1. The predicted molar refractivity (Wildman–Crippen MR) is 63.0 cm³/mol. The van der Waals surface area contributed by atoms with E-state index in [4.69, 9.17) is 11.6 Å². The van der Waals surface area contributed by atoms with Crippen molar-refractivity contribution in [2.45, 2.75) is 16.4 Å². The average Bonchev–Trinajstić information content (AvgIpc) is 2.70. The lowest BCUT2D eigenvalue weighted by atomic mass is 10.7. The molecule has 0 aromatic carbocycles.